The van der Waals surface area contributed by atoms with Crippen LogP contribution in [0.4, 0.5) is 5.69 Å². The summed E-state index contributed by atoms with van der Waals surface area (Å²) in [6.07, 6.45) is 1.08. The van der Waals surface area contributed by atoms with Crippen LogP contribution < -0.4 is 5.73 Å². The normalized spacial score (nSPS) is 24.8. The van der Waals surface area contributed by atoms with Crippen molar-refractivity contribution in [1.29, 1.82) is 0 Å². The summed E-state index contributed by atoms with van der Waals surface area (Å²) >= 11 is 0. The van der Waals surface area contributed by atoms with E-state index in [1.165, 1.54) is 0 Å². The minimum absolute atomic E-state index is 0.291. The third kappa shape index (κ3) is 2.69. The molecular formula is C15H24N2O2S. The molecule has 112 valence electrons. The number of aryl methyl sites for hydroxylation is 1. The van der Waals surface area contributed by atoms with Gasteiger partial charge in [0.2, 0.25) is 10.0 Å². The van der Waals surface area contributed by atoms with Crippen molar-refractivity contribution in [2.45, 2.75) is 39.0 Å². The molecule has 20 heavy (non-hydrogen) atoms. The van der Waals surface area contributed by atoms with E-state index in [-0.39, 0.29) is 0 Å². The Hall–Kier alpha value is -1.07. The molecule has 2 rings (SSSR count). The van der Waals surface area contributed by atoms with Crippen LogP contribution in [0.2, 0.25) is 0 Å². The second-order valence-electron chi connectivity index (χ2n) is 6.19. The van der Waals surface area contributed by atoms with Crippen LogP contribution >= 0.6 is 0 Å². The van der Waals surface area contributed by atoms with E-state index in [1.54, 1.807) is 10.4 Å². The first kappa shape index (κ1) is 15.3. The van der Waals surface area contributed by atoms with Crippen LogP contribution in [-0.2, 0) is 10.0 Å². The highest BCUT2D eigenvalue weighted by molar-refractivity contribution is 7.89. The van der Waals surface area contributed by atoms with E-state index in [1.807, 2.05) is 19.9 Å². The molecule has 1 aliphatic heterocycles. The monoisotopic (exact) mass is 296 g/mol. The number of nitrogens with zero attached hydrogens (tertiary/aromatic N) is 1. The van der Waals surface area contributed by atoms with Crippen molar-refractivity contribution in [3.05, 3.63) is 23.3 Å². The van der Waals surface area contributed by atoms with E-state index < -0.39 is 10.0 Å². The lowest BCUT2D eigenvalue weighted by atomic mass is 9.94. The summed E-state index contributed by atoms with van der Waals surface area (Å²) < 4.78 is 27.4. The van der Waals surface area contributed by atoms with Crippen LogP contribution in [-0.4, -0.2) is 25.8 Å². The van der Waals surface area contributed by atoms with Gasteiger partial charge >= 0.3 is 0 Å². The summed E-state index contributed by atoms with van der Waals surface area (Å²) in [6, 6.07) is 3.55. The molecule has 1 aromatic rings. The average Bonchev–Trinajstić information content (AvgIpc) is 2.33. The van der Waals surface area contributed by atoms with Gasteiger partial charge in [0.25, 0.3) is 0 Å². The van der Waals surface area contributed by atoms with Crippen molar-refractivity contribution in [2.24, 2.45) is 11.8 Å². The third-order valence-electron chi connectivity index (χ3n) is 4.14. The Morgan fingerprint density at radius 1 is 1.15 bits per heavy atom. The van der Waals surface area contributed by atoms with Crippen LogP contribution in [0.3, 0.4) is 0 Å². The average molecular weight is 296 g/mol. The minimum atomic E-state index is -3.50. The van der Waals surface area contributed by atoms with E-state index in [0.717, 1.165) is 17.5 Å². The third-order valence-corrected chi connectivity index (χ3v) is 6.18. The topological polar surface area (TPSA) is 63.4 Å². The number of hydrogen-bond acceptors (Lipinski definition) is 3. The van der Waals surface area contributed by atoms with Gasteiger partial charge in [0.05, 0.1) is 5.69 Å². The number of rotatable bonds is 2. The predicted octanol–water partition coefficient (Wildman–Crippen LogP) is 2.55. The maximum Gasteiger partial charge on any atom is 0.245 e. The smallest absolute Gasteiger partial charge is 0.245 e. The van der Waals surface area contributed by atoms with E-state index >= 15 is 0 Å². The number of sulfonamides is 1. The largest absolute Gasteiger partial charge is 0.398 e. The van der Waals surface area contributed by atoms with Crippen molar-refractivity contribution in [3.8, 4) is 0 Å². The number of hydrogen-bond donors (Lipinski definition) is 1. The molecule has 1 heterocycles. The molecule has 0 spiro atoms. The molecule has 2 atom stereocenters. The second kappa shape index (κ2) is 5.37. The fraction of sp³-hybridized carbons (Fsp3) is 0.600. The molecule has 0 aromatic heterocycles. The highest BCUT2D eigenvalue weighted by Gasteiger charge is 2.33. The number of nitrogens with two attached hydrogens (primary N) is 1. The van der Waals surface area contributed by atoms with Gasteiger partial charge in [-0.1, -0.05) is 19.9 Å². The summed E-state index contributed by atoms with van der Waals surface area (Å²) in [5.74, 6) is 0.778. The summed E-state index contributed by atoms with van der Waals surface area (Å²) in [4.78, 5) is 0.291. The lowest BCUT2D eigenvalue weighted by Crippen LogP contribution is -2.42. The molecule has 0 saturated carbocycles. The van der Waals surface area contributed by atoms with Crippen molar-refractivity contribution >= 4 is 15.7 Å². The van der Waals surface area contributed by atoms with E-state index in [0.29, 0.717) is 35.5 Å². The zero-order chi connectivity index (χ0) is 15.1. The Morgan fingerprint density at radius 2 is 1.70 bits per heavy atom. The zero-order valence-electron chi connectivity index (χ0n) is 12.7. The Bertz CT molecular complexity index is 601. The maximum absolute atomic E-state index is 12.9. The molecule has 2 unspecified atom stereocenters. The Balaban J connectivity index is 2.48. The first-order valence-electron chi connectivity index (χ1n) is 7.09. The second-order valence-corrected chi connectivity index (χ2v) is 8.07. The lowest BCUT2D eigenvalue weighted by molar-refractivity contribution is 0.222. The molecule has 1 aromatic carbocycles. The maximum atomic E-state index is 12.9. The van der Waals surface area contributed by atoms with Crippen LogP contribution in [0.1, 0.15) is 31.4 Å². The van der Waals surface area contributed by atoms with Gasteiger partial charge in [-0.05, 0) is 49.3 Å². The molecular weight excluding hydrogens is 272 g/mol. The molecule has 1 saturated heterocycles. The standard InChI is InChI=1S/C15H24N2O2S/c1-10-7-11(2)9-17(8-10)20(18,19)15-13(4)12(3)5-6-14(15)16/h5-6,10-11H,7-9,16H2,1-4H3. The van der Waals surface area contributed by atoms with Crippen molar-refractivity contribution in [3.63, 3.8) is 0 Å². The van der Waals surface area contributed by atoms with Crippen molar-refractivity contribution in [2.75, 3.05) is 18.8 Å². The fourth-order valence-corrected chi connectivity index (χ4v) is 5.16. The van der Waals surface area contributed by atoms with Crippen LogP contribution in [0.5, 0.6) is 0 Å². The summed E-state index contributed by atoms with van der Waals surface area (Å²) in [6.45, 7) is 9.11. The van der Waals surface area contributed by atoms with Crippen molar-refractivity contribution < 1.29 is 8.42 Å². The highest BCUT2D eigenvalue weighted by Crippen LogP contribution is 2.32. The molecule has 0 amide bonds. The molecule has 2 N–H and O–H groups in total. The van der Waals surface area contributed by atoms with Gasteiger partial charge in [0.1, 0.15) is 4.90 Å². The number of benzene rings is 1. The number of anilines is 1. The van der Waals surface area contributed by atoms with Crippen LogP contribution in [0.25, 0.3) is 0 Å². The van der Waals surface area contributed by atoms with Crippen LogP contribution in [0, 0.1) is 25.7 Å². The molecule has 0 aliphatic carbocycles. The van der Waals surface area contributed by atoms with Gasteiger partial charge in [-0.3, -0.25) is 0 Å². The molecule has 4 nitrogen and oxygen atoms in total. The summed E-state index contributed by atoms with van der Waals surface area (Å²) in [5, 5.41) is 0. The van der Waals surface area contributed by atoms with Gasteiger partial charge in [-0.25, -0.2) is 8.42 Å². The molecule has 1 aliphatic rings. The predicted molar refractivity (Wildman–Crippen MR) is 82.0 cm³/mol. The van der Waals surface area contributed by atoms with Crippen molar-refractivity contribution in [1.82, 2.24) is 4.31 Å². The highest BCUT2D eigenvalue weighted by atomic mass is 32.2. The summed E-state index contributed by atoms with van der Waals surface area (Å²) in [5.41, 5.74) is 8.01. The van der Waals surface area contributed by atoms with E-state index in [2.05, 4.69) is 13.8 Å². The summed E-state index contributed by atoms with van der Waals surface area (Å²) in [7, 11) is -3.50. The van der Waals surface area contributed by atoms with Gasteiger partial charge in [-0.2, -0.15) is 4.31 Å². The van der Waals surface area contributed by atoms with Gasteiger partial charge in [-0.15, -0.1) is 0 Å². The molecule has 0 radical (unpaired) electrons. The van der Waals surface area contributed by atoms with E-state index in [4.69, 9.17) is 5.73 Å². The minimum Gasteiger partial charge on any atom is -0.398 e. The first-order chi connectivity index (χ1) is 9.23. The Labute approximate surface area is 122 Å². The van der Waals surface area contributed by atoms with E-state index in [9.17, 15) is 8.42 Å². The van der Waals surface area contributed by atoms with Gasteiger partial charge in [0, 0.05) is 13.1 Å². The van der Waals surface area contributed by atoms with Gasteiger partial charge < -0.3 is 5.73 Å². The quantitative estimate of drug-likeness (QED) is 0.853. The lowest BCUT2D eigenvalue weighted by Gasteiger charge is -2.34. The first-order valence-corrected chi connectivity index (χ1v) is 8.53. The molecule has 0 bridgehead atoms. The zero-order valence-corrected chi connectivity index (χ0v) is 13.5. The molecule has 1 fully saturated rings. The Morgan fingerprint density at radius 3 is 2.25 bits per heavy atom. The SMILES string of the molecule is Cc1ccc(N)c(S(=O)(=O)N2CC(C)CC(C)C2)c1C. The Kier molecular flexibility index (Phi) is 4.12. The molecule has 5 heteroatoms. The number of piperidine rings is 1. The van der Waals surface area contributed by atoms with Crippen LogP contribution in [0.15, 0.2) is 17.0 Å². The fourth-order valence-electron chi connectivity index (χ4n) is 3.08. The number of nitrogen functional groups attached to an aromatic ring is 1. The van der Waals surface area contributed by atoms with Gasteiger partial charge in [0.15, 0.2) is 0 Å².